The number of aromatic amines is 1. The van der Waals surface area contributed by atoms with E-state index < -0.39 is 0 Å². The number of H-pyrrole nitrogens is 1. The van der Waals surface area contributed by atoms with Crippen molar-refractivity contribution in [2.75, 3.05) is 39.9 Å². The van der Waals surface area contributed by atoms with Crippen molar-refractivity contribution in [3.05, 3.63) is 30.1 Å². The first-order valence-electron chi connectivity index (χ1n) is 8.82. The summed E-state index contributed by atoms with van der Waals surface area (Å²) in [6.45, 7) is 4.51. The van der Waals surface area contributed by atoms with Gasteiger partial charge in [-0.1, -0.05) is 12.1 Å². The lowest BCUT2D eigenvalue weighted by Gasteiger charge is -2.21. The van der Waals surface area contributed by atoms with Crippen LogP contribution in [0.25, 0.3) is 11.0 Å². The zero-order valence-corrected chi connectivity index (χ0v) is 14.4. The molecule has 1 aliphatic rings. The number of methoxy groups -OCH3 is 1. The highest BCUT2D eigenvalue weighted by Crippen LogP contribution is 2.11. The summed E-state index contributed by atoms with van der Waals surface area (Å²) in [6, 6.07) is 8.15. The summed E-state index contributed by atoms with van der Waals surface area (Å²) in [5.41, 5.74) is 2.14. The largest absolute Gasteiger partial charge is 0.383 e. The summed E-state index contributed by atoms with van der Waals surface area (Å²) in [5, 5.41) is 3.41. The molecular weight excluding hydrogens is 302 g/mol. The van der Waals surface area contributed by atoms with Crippen LogP contribution in [0.1, 0.15) is 25.1 Å². The number of aromatic nitrogens is 2. The molecule has 0 atom stereocenters. The number of hydrogen-bond donors (Lipinski definition) is 2. The van der Waals surface area contributed by atoms with E-state index >= 15 is 0 Å². The van der Waals surface area contributed by atoms with E-state index in [4.69, 9.17) is 9.73 Å². The van der Waals surface area contributed by atoms with Gasteiger partial charge in [0.2, 0.25) is 0 Å². The molecule has 2 heterocycles. The molecule has 0 aliphatic carbocycles. The van der Waals surface area contributed by atoms with Crippen molar-refractivity contribution in [3.63, 3.8) is 0 Å². The maximum absolute atomic E-state index is 5.12. The van der Waals surface area contributed by atoms with Crippen molar-refractivity contribution < 1.29 is 4.74 Å². The van der Waals surface area contributed by atoms with Gasteiger partial charge in [-0.3, -0.25) is 4.99 Å². The third kappa shape index (κ3) is 4.47. The molecule has 0 saturated carbocycles. The van der Waals surface area contributed by atoms with Crippen molar-refractivity contribution in [1.29, 1.82) is 0 Å². The minimum absolute atomic E-state index is 0.700. The molecule has 0 bridgehead atoms. The Balaban J connectivity index is 1.51. The third-order valence-corrected chi connectivity index (χ3v) is 4.27. The smallest absolute Gasteiger partial charge is 0.194 e. The zero-order valence-electron chi connectivity index (χ0n) is 14.4. The Hall–Kier alpha value is -2.08. The van der Waals surface area contributed by atoms with Crippen LogP contribution in [-0.2, 0) is 11.2 Å². The number of nitrogens with one attached hydrogen (secondary N) is 2. The van der Waals surface area contributed by atoms with Gasteiger partial charge in [0.15, 0.2) is 5.96 Å². The van der Waals surface area contributed by atoms with E-state index in [1.165, 1.54) is 12.8 Å². The van der Waals surface area contributed by atoms with E-state index in [1.54, 1.807) is 7.11 Å². The average molecular weight is 329 g/mol. The fraction of sp³-hybridized carbons (Fsp3) is 0.556. The van der Waals surface area contributed by atoms with Gasteiger partial charge in [-0.25, -0.2) is 4.98 Å². The molecule has 1 saturated heterocycles. The van der Waals surface area contributed by atoms with Crippen molar-refractivity contribution >= 4 is 17.0 Å². The van der Waals surface area contributed by atoms with Crippen LogP contribution < -0.4 is 5.32 Å². The molecule has 6 nitrogen and oxygen atoms in total. The first-order chi connectivity index (χ1) is 11.9. The van der Waals surface area contributed by atoms with Crippen LogP contribution in [0.2, 0.25) is 0 Å². The Morgan fingerprint density at radius 3 is 2.96 bits per heavy atom. The van der Waals surface area contributed by atoms with Crippen molar-refractivity contribution in [2.45, 2.75) is 25.7 Å². The Morgan fingerprint density at radius 2 is 2.17 bits per heavy atom. The third-order valence-electron chi connectivity index (χ3n) is 4.27. The quantitative estimate of drug-likeness (QED) is 0.464. The van der Waals surface area contributed by atoms with Crippen molar-refractivity contribution in [3.8, 4) is 0 Å². The summed E-state index contributed by atoms with van der Waals surface area (Å²) in [7, 11) is 1.72. The lowest BCUT2D eigenvalue weighted by molar-refractivity contribution is 0.203. The maximum Gasteiger partial charge on any atom is 0.194 e. The molecule has 3 rings (SSSR count). The number of guanidine groups is 1. The Kier molecular flexibility index (Phi) is 6.07. The number of aryl methyl sites for hydroxylation is 1. The van der Waals surface area contributed by atoms with Crippen LogP contribution in [0.4, 0.5) is 0 Å². The van der Waals surface area contributed by atoms with Crippen LogP contribution in [0, 0.1) is 0 Å². The van der Waals surface area contributed by atoms with Crippen LogP contribution >= 0.6 is 0 Å². The van der Waals surface area contributed by atoms with Crippen molar-refractivity contribution in [2.24, 2.45) is 4.99 Å². The summed E-state index contributed by atoms with van der Waals surface area (Å²) >= 11 is 0. The van der Waals surface area contributed by atoms with Gasteiger partial charge in [0, 0.05) is 39.7 Å². The number of fused-ring (bicyclic) bond motifs is 1. The molecule has 6 heteroatoms. The van der Waals surface area contributed by atoms with Crippen LogP contribution in [0.5, 0.6) is 0 Å². The number of rotatable bonds is 7. The van der Waals surface area contributed by atoms with Gasteiger partial charge in [-0.05, 0) is 31.4 Å². The first kappa shape index (κ1) is 16.8. The number of nitrogens with zero attached hydrogens (tertiary/aromatic N) is 3. The standard InChI is InChI=1S/C18H27N5O/c1-24-14-11-20-18(23-12-4-5-13-23)19-10-6-9-17-21-15-7-2-3-8-16(15)22-17/h2-3,7-8H,4-6,9-14H2,1H3,(H,19,20)(H,21,22). The molecule has 1 aromatic carbocycles. The van der Waals surface area contributed by atoms with E-state index in [-0.39, 0.29) is 0 Å². The zero-order chi connectivity index (χ0) is 16.6. The van der Waals surface area contributed by atoms with Gasteiger partial charge in [0.05, 0.1) is 17.6 Å². The normalized spacial score (nSPS) is 15.4. The Bertz CT molecular complexity index is 627. The predicted octanol–water partition coefficient (Wildman–Crippen LogP) is 2.18. The molecular formula is C18H27N5O. The monoisotopic (exact) mass is 329 g/mol. The molecule has 0 radical (unpaired) electrons. The van der Waals surface area contributed by atoms with Gasteiger partial charge < -0.3 is 19.9 Å². The average Bonchev–Trinajstić information content (AvgIpc) is 3.26. The lowest BCUT2D eigenvalue weighted by atomic mass is 10.3. The highest BCUT2D eigenvalue weighted by atomic mass is 16.5. The van der Waals surface area contributed by atoms with Crippen LogP contribution in [-0.4, -0.2) is 60.7 Å². The second-order valence-corrected chi connectivity index (χ2v) is 6.12. The number of para-hydroxylation sites is 2. The van der Waals surface area contributed by atoms with E-state index in [9.17, 15) is 0 Å². The summed E-state index contributed by atoms with van der Waals surface area (Å²) < 4.78 is 5.12. The SMILES string of the molecule is COCCNC(=NCCCc1nc2ccccc2[nH]1)N1CCCC1. The summed E-state index contributed by atoms with van der Waals surface area (Å²) in [6.07, 6.45) is 4.42. The van der Waals surface area contributed by atoms with E-state index in [2.05, 4.69) is 26.3 Å². The van der Waals surface area contributed by atoms with E-state index in [0.29, 0.717) is 6.61 Å². The summed E-state index contributed by atoms with van der Waals surface area (Å²) in [5.74, 6) is 2.07. The predicted molar refractivity (Wildman–Crippen MR) is 97.4 cm³/mol. The molecule has 1 fully saturated rings. The fourth-order valence-corrected chi connectivity index (χ4v) is 3.02. The fourth-order valence-electron chi connectivity index (χ4n) is 3.02. The molecule has 0 amide bonds. The second-order valence-electron chi connectivity index (χ2n) is 6.12. The van der Waals surface area contributed by atoms with Gasteiger partial charge in [0.25, 0.3) is 0 Å². The van der Waals surface area contributed by atoms with Crippen molar-refractivity contribution in [1.82, 2.24) is 20.2 Å². The second kappa shape index (κ2) is 8.68. The van der Waals surface area contributed by atoms with Gasteiger partial charge in [-0.15, -0.1) is 0 Å². The number of likely N-dealkylation sites (tertiary alicyclic amines) is 1. The number of hydrogen-bond acceptors (Lipinski definition) is 3. The number of imidazole rings is 1. The topological polar surface area (TPSA) is 65.5 Å². The van der Waals surface area contributed by atoms with E-state index in [0.717, 1.165) is 61.8 Å². The van der Waals surface area contributed by atoms with Crippen LogP contribution in [0.3, 0.4) is 0 Å². The van der Waals surface area contributed by atoms with Gasteiger partial charge in [-0.2, -0.15) is 0 Å². The molecule has 1 aromatic heterocycles. The Labute approximate surface area is 143 Å². The number of ether oxygens (including phenoxy) is 1. The lowest BCUT2D eigenvalue weighted by Crippen LogP contribution is -2.41. The first-order valence-corrected chi connectivity index (χ1v) is 8.82. The number of benzene rings is 1. The van der Waals surface area contributed by atoms with E-state index in [1.807, 2.05) is 18.2 Å². The van der Waals surface area contributed by atoms with Crippen LogP contribution in [0.15, 0.2) is 29.3 Å². The minimum atomic E-state index is 0.700. The highest BCUT2D eigenvalue weighted by Gasteiger charge is 2.15. The Morgan fingerprint density at radius 1 is 1.33 bits per heavy atom. The molecule has 0 unspecified atom stereocenters. The molecule has 2 N–H and O–H groups in total. The highest BCUT2D eigenvalue weighted by molar-refractivity contribution is 5.80. The van der Waals surface area contributed by atoms with Gasteiger partial charge >= 0.3 is 0 Å². The molecule has 1 aliphatic heterocycles. The minimum Gasteiger partial charge on any atom is -0.383 e. The molecule has 130 valence electrons. The number of aliphatic imine (C=N–C) groups is 1. The van der Waals surface area contributed by atoms with Gasteiger partial charge in [0.1, 0.15) is 5.82 Å². The molecule has 0 spiro atoms. The molecule has 2 aromatic rings. The molecule has 24 heavy (non-hydrogen) atoms. The summed E-state index contributed by atoms with van der Waals surface area (Å²) in [4.78, 5) is 15.1. The maximum atomic E-state index is 5.12.